The van der Waals surface area contributed by atoms with Gasteiger partial charge in [-0.25, -0.2) is 0 Å². The van der Waals surface area contributed by atoms with Crippen LogP contribution in [0.3, 0.4) is 0 Å². The van der Waals surface area contributed by atoms with E-state index < -0.39 is 39.7 Å². The fourth-order valence-electron chi connectivity index (χ4n) is 2.04. The van der Waals surface area contributed by atoms with Crippen molar-refractivity contribution in [3.8, 4) is 5.75 Å². The van der Waals surface area contributed by atoms with Gasteiger partial charge in [-0.15, -0.1) is 0 Å². The second-order valence-electron chi connectivity index (χ2n) is 5.34. The summed E-state index contributed by atoms with van der Waals surface area (Å²) in [6.45, 7) is 2.25. The first kappa shape index (κ1) is 17.1. The van der Waals surface area contributed by atoms with Crippen molar-refractivity contribution in [2.75, 3.05) is 19.3 Å². The maximum Gasteiger partial charge on any atom is 0.707 e. The first-order valence-electron chi connectivity index (χ1n) is 6.14. The van der Waals surface area contributed by atoms with Gasteiger partial charge in [-0.05, 0) is 17.2 Å². The van der Waals surface area contributed by atoms with Crippen molar-refractivity contribution in [2.45, 2.75) is 18.9 Å². The molecular formula is C12H18BF3O3Si. The van der Waals surface area contributed by atoms with Crippen molar-refractivity contribution in [1.29, 1.82) is 0 Å². The molecule has 0 heterocycles. The molecule has 112 valence electrons. The minimum atomic E-state index is -3.30. The molecule has 1 rings (SSSR count). The molecule has 0 radical (unpaired) electrons. The predicted octanol–water partition coefficient (Wildman–Crippen LogP) is 1.46. The molecule has 2 N–H and O–H groups in total. The summed E-state index contributed by atoms with van der Waals surface area (Å²) in [7, 11) is -5.26. The fraction of sp³-hybridized carbons (Fsp3) is 0.500. The Balaban J connectivity index is 3.16. The Bertz CT molecular complexity index is 424. The molecule has 20 heavy (non-hydrogen) atoms. The molecule has 0 fully saturated rings. The Morgan fingerprint density at radius 1 is 1.10 bits per heavy atom. The molecule has 8 heteroatoms. The van der Waals surface area contributed by atoms with Crippen LogP contribution in [0, 0.1) is 0 Å². The van der Waals surface area contributed by atoms with Crippen LogP contribution in [0.15, 0.2) is 24.3 Å². The lowest BCUT2D eigenvalue weighted by Gasteiger charge is -2.39. The van der Waals surface area contributed by atoms with E-state index in [9.17, 15) is 13.2 Å². The minimum Gasteiger partial charge on any atom is -0.512 e. The van der Waals surface area contributed by atoms with Gasteiger partial charge >= 0.3 is 7.32 Å². The van der Waals surface area contributed by atoms with E-state index in [1.54, 1.807) is 0 Å². The van der Waals surface area contributed by atoms with Gasteiger partial charge in [-0.2, -0.15) is 0 Å². The first-order chi connectivity index (χ1) is 9.32. The molecule has 0 aliphatic carbocycles. The standard InChI is InChI=1S/C12H18BF3O3Si/c1-12(2,7-14)20(8-15,9-16)11-5-3-10(4-6-11)19-13(17)18/h3-6,17-18H,7-9H2,1-2H3. The van der Waals surface area contributed by atoms with Gasteiger partial charge < -0.3 is 14.7 Å². The van der Waals surface area contributed by atoms with Crippen LogP contribution in [0.25, 0.3) is 0 Å². The van der Waals surface area contributed by atoms with E-state index in [0.29, 0.717) is 5.19 Å². The SMILES string of the molecule is CC(C)(CF)[Si](CF)(CF)c1ccc(OB(O)O)cc1. The molecule has 1 aromatic rings. The smallest absolute Gasteiger partial charge is 0.512 e. The quantitative estimate of drug-likeness (QED) is 0.750. The number of benzene rings is 1. The lowest BCUT2D eigenvalue weighted by atomic mass is 10.2. The van der Waals surface area contributed by atoms with Crippen LogP contribution < -0.4 is 9.84 Å². The number of alkyl halides is 3. The molecule has 1 aromatic carbocycles. The van der Waals surface area contributed by atoms with Crippen LogP contribution in [0.5, 0.6) is 5.75 Å². The topological polar surface area (TPSA) is 49.7 Å². The third-order valence-corrected chi connectivity index (χ3v) is 8.81. The lowest BCUT2D eigenvalue weighted by Crippen LogP contribution is -2.61. The van der Waals surface area contributed by atoms with E-state index in [4.69, 9.17) is 10.0 Å². The number of hydrogen-bond donors (Lipinski definition) is 2. The molecule has 0 unspecified atom stereocenters. The number of halogens is 3. The van der Waals surface area contributed by atoms with Crippen molar-refractivity contribution in [3.05, 3.63) is 24.3 Å². The highest BCUT2D eigenvalue weighted by Crippen LogP contribution is 2.38. The summed E-state index contributed by atoms with van der Waals surface area (Å²) >= 11 is 0. The van der Waals surface area contributed by atoms with Crippen molar-refractivity contribution in [2.24, 2.45) is 0 Å². The van der Waals surface area contributed by atoms with Gasteiger partial charge in [0.2, 0.25) is 0 Å². The normalized spacial score (nSPS) is 12.3. The average molecular weight is 306 g/mol. The summed E-state index contributed by atoms with van der Waals surface area (Å²) in [4.78, 5) is 0. The Kier molecular flexibility index (Phi) is 5.67. The second kappa shape index (κ2) is 6.64. The Morgan fingerprint density at radius 2 is 1.60 bits per heavy atom. The van der Waals surface area contributed by atoms with Crippen molar-refractivity contribution in [1.82, 2.24) is 0 Å². The third-order valence-electron chi connectivity index (χ3n) is 3.73. The molecule has 0 saturated heterocycles. The molecule has 0 saturated carbocycles. The van der Waals surface area contributed by atoms with Crippen LogP contribution in [0.2, 0.25) is 5.04 Å². The number of rotatable bonds is 7. The minimum absolute atomic E-state index is 0.155. The third kappa shape index (κ3) is 3.18. The molecule has 0 spiro atoms. The van der Waals surface area contributed by atoms with E-state index >= 15 is 0 Å². The summed E-state index contributed by atoms with van der Waals surface area (Å²) < 4.78 is 44.9. The highest BCUT2D eigenvalue weighted by molar-refractivity contribution is 6.94. The largest absolute Gasteiger partial charge is 0.707 e. The van der Waals surface area contributed by atoms with E-state index in [1.807, 2.05) is 0 Å². The van der Waals surface area contributed by atoms with Crippen molar-refractivity contribution >= 4 is 20.6 Å². The zero-order valence-corrected chi connectivity index (χ0v) is 12.4. The van der Waals surface area contributed by atoms with E-state index in [0.717, 1.165) is 0 Å². The highest BCUT2D eigenvalue weighted by atomic mass is 28.3. The van der Waals surface area contributed by atoms with E-state index in [1.165, 1.54) is 38.1 Å². The Hall–Kier alpha value is -0.988. The van der Waals surface area contributed by atoms with Gasteiger partial charge in [-0.3, -0.25) is 13.2 Å². The molecule has 0 aliphatic heterocycles. The van der Waals surface area contributed by atoms with Crippen LogP contribution in [0.4, 0.5) is 13.2 Å². The molecule has 3 nitrogen and oxygen atoms in total. The summed E-state index contributed by atoms with van der Waals surface area (Å²) in [6, 6.07) is 5.69. The average Bonchev–Trinajstić information content (AvgIpc) is 2.41. The maximum atomic E-state index is 13.5. The van der Waals surface area contributed by atoms with Gasteiger partial charge in [0.25, 0.3) is 0 Å². The van der Waals surface area contributed by atoms with Crippen LogP contribution in [0.1, 0.15) is 13.8 Å². The van der Waals surface area contributed by atoms with E-state index in [2.05, 4.69) is 4.65 Å². The second-order valence-corrected chi connectivity index (χ2v) is 9.97. The highest BCUT2D eigenvalue weighted by Gasteiger charge is 2.50. The van der Waals surface area contributed by atoms with Gasteiger partial charge in [0.05, 0.1) is 19.3 Å². The van der Waals surface area contributed by atoms with Gasteiger partial charge in [0.1, 0.15) is 5.75 Å². The molecule has 0 atom stereocenters. The summed E-state index contributed by atoms with van der Waals surface area (Å²) in [5.74, 6) is 0.155. The monoisotopic (exact) mass is 306 g/mol. The summed E-state index contributed by atoms with van der Waals surface area (Å²) in [6.07, 6.45) is -1.80. The van der Waals surface area contributed by atoms with Crippen LogP contribution >= 0.6 is 0 Å². The van der Waals surface area contributed by atoms with Gasteiger partial charge in [0, 0.05) is 0 Å². The van der Waals surface area contributed by atoms with Crippen LogP contribution in [-0.4, -0.2) is 44.7 Å². The molecule has 0 amide bonds. The van der Waals surface area contributed by atoms with E-state index in [-0.39, 0.29) is 5.75 Å². The molecule has 0 aliphatic rings. The maximum absolute atomic E-state index is 13.5. The zero-order chi connectivity index (χ0) is 15.4. The zero-order valence-electron chi connectivity index (χ0n) is 11.4. The molecule has 0 aromatic heterocycles. The number of hydrogen-bond acceptors (Lipinski definition) is 3. The van der Waals surface area contributed by atoms with Crippen molar-refractivity contribution in [3.63, 3.8) is 0 Å². The van der Waals surface area contributed by atoms with Crippen molar-refractivity contribution < 1.29 is 27.9 Å². The van der Waals surface area contributed by atoms with Gasteiger partial charge in [0.15, 0.2) is 8.07 Å². The fourth-order valence-corrected chi connectivity index (χ4v) is 4.99. The lowest BCUT2D eigenvalue weighted by molar-refractivity contribution is 0.288. The Labute approximate surface area is 117 Å². The van der Waals surface area contributed by atoms with Crippen LogP contribution in [-0.2, 0) is 0 Å². The molecular weight excluding hydrogens is 288 g/mol. The Morgan fingerprint density at radius 3 is 1.95 bits per heavy atom. The molecule has 0 bridgehead atoms. The first-order valence-corrected chi connectivity index (χ1v) is 8.55. The van der Waals surface area contributed by atoms with Gasteiger partial charge in [-0.1, -0.05) is 31.2 Å². The predicted molar refractivity (Wildman–Crippen MR) is 74.6 cm³/mol. The summed E-state index contributed by atoms with van der Waals surface area (Å²) in [5, 5.41) is 16.7. The summed E-state index contributed by atoms with van der Waals surface area (Å²) in [5.41, 5.74) is 0.